The van der Waals surface area contributed by atoms with Gasteiger partial charge in [0.2, 0.25) is 0 Å². The molecule has 5 aromatic rings. The normalized spacial score (nSPS) is 11.3. The van der Waals surface area contributed by atoms with Gasteiger partial charge in [0, 0.05) is 21.8 Å². The number of carbonyl (C=O) groups is 1. The van der Waals surface area contributed by atoms with Crippen molar-refractivity contribution in [2.24, 2.45) is 0 Å². The fraction of sp³-hybridized carbons (Fsp3) is 0. The second-order valence-corrected chi connectivity index (χ2v) is 6.44. The molecule has 0 saturated carbocycles. The van der Waals surface area contributed by atoms with Gasteiger partial charge in [-0.1, -0.05) is 54.6 Å². The van der Waals surface area contributed by atoms with Gasteiger partial charge in [-0.15, -0.1) is 0 Å². The lowest BCUT2D eigenvalue weighted by Crippen LogP contribution is -2.12. The van der Waals surface area contributed by atoms with Gasteiger partial charge in [0.15, 0.2) is 0 Å². The highest BCUT2D eigenvalue weighted by Gasteiger charge is 2.17. The standard InChI is InChI=1S/C23H15NO3/c25-20-12-17-16-9-3-4-11-21(16)27-22(17)13-18(20)23(26)24-19-10-5-7-14-6-1-2-8-15(14)19/h1-13,25H,(H,24,26). The van der Waals surface area contributed by atoms with E-state index < -0.39 is 0 Å². The number of anilines is 1. The highest BCUT2D eigenvalue weighted by molar-refractivity contribution is 6.14. The molecule has 4 aromatic carbocycles. The summed E-state index contributed by atoms with van der Waals surface area (Å²) in [6.07, 6.45) is 0. The average Bonchev–Trinajstić information content (AvgIpc) is 3.05. The first kappa shape index (κ1) is 15.5. The second kappa shape index (κ2) is 5.88. The Morgan fingerprint density at radius 1 is 0.778 bits per heavy atom. The van der Waals surface area contributed by atoms with Gasteiger partial charge < -0.3 is 14.8 Å². The molecule has 0 aliphatic rings. The number of rotatable bonds is 2. The molecule has 130 valence electrons. The van der Waals surface area contributed by atoms with Crippen LogP contribution in [0.25, 0.3) is 32.7 Å². The zero-order valence-electron chi connectivity index (χ0n) is 14.3. The van der Waals surface area contributed by atoms with E-state index in [0.29, 0.717) is 11.3 Å². The first-order valence-corrected chi connectivity index (χ1v) is 8.64. The first-order chi connectivity index (χ1) is 13.2. The van der Waals surface area contributed by atoms with E-state index in [1.54, 1.807) is 12.1 Å². The van der Waals surface area contributed by atoms with Gasteiger partial charge in [-0.25, -0.2) is 0 Å². The number of aromatic hydroxyl groups is 1. The minimum absolute atomic E-state index is 0.0770. The van der Waals surface area contributed by atoms with Crippen molar-refractivity contribution in [2.75, 3.05) is 5.32 Å². The van der Waals surface area contributed by atoms with Gasteiger partial charge in [0.05, 0.1) is 5.56 Å². The molecule has 0 radical (unpaired) electrons. The topological polar surface area (TPSA) is 62.5 Å². The van der Waals surface area contributed by atoms with Crippen LogP contribution in [0.3, 0.4) is 0 Å². The van der Waals surface area contributed by atoms with E-state index >= 15 is 0 Å². The summed E-state index contributed by atoms with van der Waals surface area (Å²) < 4.78 is 5.83. The van der Waals surface area contributed by atoms with Crippen molar-refractivity contribution in [3.8, 4) is 5.75 Å². The number of carbonyl (C=O) groups excluding carboxylic acids is 1. The number of fused-ring (bicyclic) bond motifs is 4. The van der Waals surface area contributed by atoms with Gasteiger partial charge in [0.1, 0.15) is 16.9 Å². The molecule has 2 N–H and O–H groups in total. The number of benzene rings is 4. The summed E-state index contributed by atoms with van der Waals surface area (Å²) in [7, 11) is 0. The number of nitrogens with one attached hydrogen (secondary N) is 1. The van der Waals surface area contributed by atoms with E-state index in [0.717, 1.165) is 27.1 Å². The smallest absolute Gasteiger partial charge is 0.259 e. The Kier molecular flexibility index (Phi) is 3.37. The van der Waals surface area contributed by atoms with E-state index in [2.05, 4.69) is 5.32 Å². The SMILES string of the molecule is O=C(Nc1cccc2ccccc12)c1cc2oc3ccccc3c2cc1O. The lowest BCUT2D eigenvalue weighted by atomic mass is 10.1. The van der Waals surface area contributed by atoms with Crippen LogP contribution in [-0.2, 0) is 0 Å². The minimum atomic E-state index is -0.383. The molecule has 4 nitrogen and oxygen atoms in total. The summed E-state index contributed by atoms with van der Waals surface area (Å²) >= 11 is 0. The molecule has 1 heterocycles. The Bertz CT molecular complexity index is 1330. The molecule has 27 heavy (non-hydrogen) atoms. The highest BCUT2D eigenvalue weighted by Crippen LogP contribution is 2.34. The lowest BCUT2D eigenvalue weighted by Gasteiger charge is -2.10. The number of hydrogen-bond acceptors (Lipinski definition) is 3. The summed E-state index contributed by atoms with van der Waals surface area (Å²) in [6, 6.07) is 24.3. The minimum Gasteiger partial charge on any atom is -0.507 e. The molecule has 1 amide bonds. The Balaban J connectivity index is 1.59. The fourth-order valence-electron chi connectivity index (χ4n) is 3.47. The van der Waals surface area contributed by atoms with Crippen LogP contribution in [0.4, 0.5) is 5.69 Å². The molecule has 4 heteroatoms. The number of para-hydroxylation sites is 1. The van der Waals surface area contributed by atoms with Gasteiger partial charge in [0.25, 0.3) is 5.91 Å². The van der Waals surface area contributed by atoms with Crippen molar-refractivity contribution in [3.63, 3.8) is 0 Å². The Morgan fingerprint density at radius 3 is 2.41 bits per heavy atom. The van der Waals surface area contributed by atoms with Crippen molar-refractivity contribution in [1.82, 2.24) is 0 Å². The molecule has 0 aliphatic carbocycles. The maximum Gasteiger partial charge on any atom is 0.259 e. The fourth-order valence-corrected chi connectivity index (χ4v) is 3.47. The summed E-state index contributed by atoms with van der Waals surface area (Å²) in [5.74, 6) is -0.460. The average molecular weight is 353 g/mol. The summed E-state index contributed by atoms with van der Waals surface area (Å²) in [4.78, 5) is 12.8. The van der Waals surface area contributed by atoms with Gasteiger partial charge in [-0.3, -0.25) is 4.79 Å². The molecule has 0 unspecified atom stereocenters. The molecule has 5 rings (SSSR count). The summed E-state index contributed by atoms with van der Waals surface area (Å²) in [5, 5.41) is 17.0. The molecular weight excluding hydrogens is 338 g/mol. The summed E-state index contributed by atoms with van der Waals surface area (Å²) in [5.41, 5.74) is 2.16. The van der Waals surface area contributed by atoms with Crippen molar-refractivity contribution < 1.29 is 14.3 Å². The zero-order valence-corrected chi connectivity index (χ0v) is 14.3. The van der Waals surface area contributed by atoms with Crippen LogP contribution in [0.15, 0.2) is 83.3 Å². The van der Waals surface area contributed by atoms with E-state index in [1.807, 2.05) is 66.7 Å². The third-order valence-corrected chi connectivity index (χ3v) is 4.78. The van der Waals surface area contributed by atoms with Crippen LogP contribution in [0.2, 0.25) is 0 Å². The van der Waals surface area contributed by atoms with Gasteiger partial charge in [-0.2, -0.15) is 0 Å². The molecule has 0 saturated heterocycles. The van der Waals surface area contributed by atoms with Crippen LogP contribution >= 0.6 is 0 Å². The predicted molar refractivity (Wildman–Crippen MR) is 107 cm³/mol. The number of phenolic OH excluding ortho intramolecular Hbond substituents is 1. The van der Waals surface area contributed by atoms with Crippen LogP contribution in [0.1, 0.15) is 10.4 Å². The van der Waals surface area contributed by atoms with Crippen molar-refractivity contribution in [3.05, 3.63) is 84.4 Å². The highest BCUT2D eigenvalue weighted by atomic mass is 16.3. The predicted octanol–water partition coefficient (Wildman–Crippen LogP) is 5.70. The number of hydrogen-bond donors (Lipinski definition) is 2. The van der Waals surface area contributed by atoms with E-state index in [1.165, 1.54) is 0 Å². The van der Waals surface area contributed by atoms with Crippen LogP contribution in [0.5, 0.6) is 5.75 Å². The molecule has 0 atom stereocenters. The largest absolute Gasteiger partial charge is 0.507 e. The third kappa shape index (κ3) is 2.50. The number of amides is 1. The summed E-state index contributed by atoms with van der Waals surface area (Å²) in [6.45, 7) is 0. The molecule has 1 aromatic heterocycles. The Morgan fingerprint density at radius 2 is 1.52 bits per heavy atom. The van der Waals surface area contributed by atoms with Crippen LogP contribution in [-0.4, -0.2) is 11.0 Å². The quantitative estimate of drug-likeness (QED) is 0.428. The Hall–Kier alpha value is -3.79. The maximum atomic E-state index is 12.8. The zero-order chi connectivity index (χ0) is 18.4. The van der Waals surface area contributed by atoms with Crippen LogP contribution < -0.4 is 5.32 Å². The number of furan rings is 1. The first-order valence-electron chi connectivity index (χ1n) is 8.64. The van der Waals surface area contributed by atoms with Crippen molar-refractivity contribution in [1.29, 1.82) is 0 Å². The monoisotopic (exact) mass is 353 g/mol. The van der Waals surface area contributed by atoms with E-state index in [4.69, 9.17) is 4.42 Å². The van der Waals surface area contributed by atoms with Gasteiger partial charge >= 0.3 is 0 Å². The second-order valence-electron chi connectivity index (χ2n) is 6.44. The van der Waals surface area contributed by atoms with E-state index in [9.17, 15) is 9.90 Å². The van der Waals surface area contributed by atoms with E-state index in [-0.39, 0.29) is 17.2 Å². The number of phenols is 1. The van der Waals surface area contributed by atoms with Crippen LogP contribution in [0, 0.1) is 0 Å². The van der Waals surface area contributed by atoms with Crippen molar-refractivity contribution in [2.45, 2.75) is 0 Å². The lowest BCUT2D eigenvalue weighted by molar-refractivity contribution is 0.102. The molecule has 0 spiro atoms. The van der Waals surface area contributed by atoms with Gasteiger partial charge in [-0.05, 0) is 29.7 Å². The third-order valence-electron chi connectivity index (χ3n) is 4.78. The molecule has 0 aliphatic heterocycles. The molecule has 0 fully saturated rings. The molecule has 0 bridgehead atoms. The maximum absolute atomic E-state index is 12.8. The Labute approximate surface area is 154 Å². The molecular formula is C23H15NO3. The van der Waals surface area contributed by atoms with Crippen molar-refractivity contribution >= 4 is 44.3 Å².